The molecule has 1 rings (SSSR count). The van der Waals surface area contributed by atoms with Crippen LogP contribution in [-0.2, 0) is 21.4 Å². The monoisotopic (exact) mass is 317 g/mol. The first kappa shape index (κ1) is 17.6. The number of rotatable bonds is 7. The second-order valence-corrected chi connectivity index (χ2v) is 7.53. The number of sulfonamides is 1. The molecule has 0 bridgehead atoms. The molecular weight excluding hydrogens is 294 g/mol. The summed E-state index contributed by atoms with van der Waals surface area (Å²) in [4.78, 5) is 10.8. The molecule has 1 N–H and O–H groups in total. The van der Waals surface area contributed by atoms with Crippen LogP contribution < -0.4 is 0 Å². The molecule has 1 heterocycles. The Morgan fingerprint density at radius 3 is 2.43 bits per heavy atom. The van der Waals surface area contributed by atoms with Gasteiger partial charge in [-0.3, -0.25) is 9.48 Å². The molecule has 1 aromatic rings. The van der Waals surface area contributed by atoms with Crippen LogP contribution in [0.25, 0.3) is 0 Å². The fourth-order valence-electron chi connectivity index (χ4n) is 2.11. The van der Waals surface area contributed by atoms with Gasteiger partial charge in [-0.15, -0.1) is 0 Å². The molecule has 7 nitrogen and oxygen atoms in total. The predicted molar refractivity (Wildman–Crippen MR) is 78.6 cm³/mol. The fraction of sp³-hybridized carbons (Fsp3) is 0.692. The van der Waals surface area contributed by atoms with E-state index in [0.29, 0.717) is 23.9 Å². The van der Waals surface area contributed by atoms with Crippen molar-refractivity contribution in [2.24, 2.45) is 5.92 Å². The van der Waals surface area contributed by atoms with E-state index in [2.05, 4.69) is 5.10 Å². The van der Waals surface area contributed by atoms with Crippen LogP contribution in [0, 0.1) is 19.8 Å². The number of nitrogens with zero attached hydrogens (tertiary/aromatic N) is 3. The fourth-order valence-corrected chi connectivity index (χ4v) is 3.64. The number of aryl methyl sites for hydroxylation is 1. The van der Waals surface area contributed by atoms with Gasteiger partial charge in [-0.25, -0.2) is 12.7 Å². The Morgan fingerprint density at radius 2 is 1.95 bits per heavy atom. The summed E-state index contributed by atoms with van der Waals surface area (Å²) in [5, 5.41) is 13.0. The Morgan fingerprint density at radius 1 is 1.38 bits per heavy atom. The third-order valence-corrected chi connectivity index (χ3v) is 5.27. The van der Waals surface area contributed by atoms with E-state index in [-0.39, 0.29) is 17.9 Å². The van der Waals surface area contributed by atoms with Gasteiger partial charge in [0.2, 0.25) is 10.0 Å². The number of hydrogen-bond acceptors (Lipinski definition) is 4. The molecular formula is C13H23N3O4S. The van der Waals surface area contributed by atoms with Crippen molar-refractivity contribution in [2.45, 2.75) is 45.6 Å². The molecule has 0 fully saturated rings. The minimum atomic E-state index is -3.72. The molecule has 120 valence electrons. The molecule has 1 aromatic heterocycles. The highest BCUT2D eigenvalue weighted by molar-refractivity contribution is 7.89. The van der Waals surface area contributed by atoms with E-state index in [9.17, 15) is 13.2 Å². The molecule has 0 unspecified atom stereocenters. The summed E-state index contributed by atoms with van der Waals surface area (Å²) >= 11 is 0. The van der Waals surface area contributed by atoms with Crippen molar-refractivity contribution in [3.63, 3.8) is 0 Å². The first-order chi connectivity index (χ1) is 9.57. The predicted octanol–water partition coefficient (Wildman–Crippen LogP) is 1.25. The van der Waals surface area contributed by atoms with E-state index >= 15 is 0 Å². The van der Waals surface area contributed by atoms with Crippen molar-refractivity contribution < 1.29 is 18.3 Å². The number of carboxylic acids is 1. The topological polar surface area (TPSA) is 92.5 Å². The van der Waals surface area contributed by atoms with Gasteiger partial charge in [0, 0.05) is 20.1 Å². The SMILES string of the molecule is Cc1nn(CC(C)C)c(C)c1S(=O)(=O)N(C)CCC(=O)O. The van der Waals surface area contributed by atoms with Gasteiger partial charge in [0.25, 0.3) is 0 Å². The molecule has 0 radical (unpaired) electrons. The third-order valence-electron chi connectivity index (χ3n) is 3.16. The van der Waals surface area contributed by atoms with Crippen molar-refractivity contribution in [1.82, 2.24) is 14.1 Å². The van der Waals surface area contributed by atoms with Crippen LogP contribution in [-0.4, -0.2) is 47.2 Å². The summed E-state index contributed by atoms with van der Waals surface area (Å²) in [5.41, 5.74) is 1.03. The highest BCUT2D eigenvalue weighted by Crippen LogP contribution is 2.23. The Bertz CT molecular complexity index is 620. The van der Waals surface area contributed by atoms with Gasteiger partial charge in [-0.1, -0.05) is 13.8 Å². The summed E-state index contributed by atoms with van der Waals surface area (Å²) in [6.07, 6.45) is -0.228. The normalized spacial score (nSPS) is 12.3. The lowest BCUT2D eigenvalue weighted by atomic mass is 10.2. The lowest BCUT2D eigenvalue weighted by Gasteiger charge is -2.16. The van der Waals surface area contributed by atoms with Crippen LogP contribution in [0.4, 0.5) is 0 Å². The third kappa shape index (κ3) is 4.04. The van der Waals surface area contributed by atoms with Crippen molar-refractivity contribution in [2.75, 3.05) is 13.6 Å². The average Bonchev–Trinajstić information content (AvgIpc) is 2.60. The molecule has 0 aliphatic carbocycles. The molecule has 0 saturated heterocycles. The van der Waals surface area contributed by atoms with Gasteiger partial charge in [-0.2, -0.15) is 5.10 Å². The van der Waals surface area contributed by atoms with Crippen LogP contribution in [0.5, 0.6) is 0 Å². The quantitative estimate of drug-likeness (QED) is 0.817. The van der Waals surface area contributed by atoms with Gasteiger partial charge in [0.1, 0.15) is 4.90 Å². The van der Waals surface area contributed by atoms with Crippen molar-refractivity contribution in [1.29, 1.82) is 0 Å². The van der Waals surface area contributed by atoms with E-state index in [0.717, 1.165) is 4.31 Å². The van der Waals surface area contributed by atoms with Crippen LogP contribution in [0.1, 0.15) is 31.7 Å². The molecule has 0 spiro atoms. The van der Waals surface area contributed by atoms with Crippen molar-refractivity contribution >= 4 is 16.0 Å². The Hall–Kier alpha value is -1.41. The standard InChI is InChI=1S/C13H23N3O4S/c1-9(2)8-16-11(4)13(10(3)14-16)21(19,20)15(5)7-6-12(17)18/h9H,6-8H2,1-5H3,(H,17,18). The maximum atomic E-state index is 12.6. The summed E-state index contributed by atoms with van der Waals surface area (Å²) < 4.78 is 27.9. The van der Waals surface area contributed by atoms with Crippen LogP contribution in [0.15, 0.2) is 4.90 Å². The second-order valence-electron chi connectivity index (χ2n) is 5.55. The van der Waals surface area contributed by atoms with Crippen molar-refractivity contribution in [3.05, 3.63) is 11.4 Å². The number of carboxylic acid groups (broad SMARTS) is 1. The Balaban J connectivity index is 3.14. The average molecular weight is 317 g/mol. The molecule has 0 aliphatic heterocycles. The van der Waals surface area contributed by atoms with E-state index in [4.69, 9.17) is 5.11 Å². The highest BCUT2D eigenvalue weighted by atomic mass is 32.2. The van der Waals surface area contributed by atoms with Gasteiger partial charge in [-0.05, 0) is 19.8 Å². The van der Waals surface area contributed by atoms with E-state index in [1.54, 1.807) is 18.5 Å². The lowest BCUT2D eigenvalue weighted by molar-refractivity contribution is -0.137. The lowest BCUT2D eigenvalue weighted by Crippen LogP contribution is -2.30. The van der Waals surface area contributed by atoms with Gasteiger partial charge in [0.05, 0.1) is 17.8 Å². The van der Waals surface area contributed by atoms with E-state index < -0.39 is 16.0 Å². The molecule has 0 aliphatic rings. The van der Waals surface area contributed by atoms with Gasteiger partial charge in [0.15, 0.2) is 0 Å². The number of aromatic nitrogens is 2. The first-order valence-corrected chi connectivity index (χ1v) is 8.23. The van der Waals surface area contributed by atoms with Gasteiger partial charge < -0.3 is 5.11 Å². The number of hydrogen-bond donors (Lipinski definition) is 1. The van der Waals surface area contributed by atoms with Crippen LogP contribution in [0.3, 0.4) is 0 Å². The summed E-state index contributed by atoms with van der Waals surface area (Å²) in [5.74, 6) is -0.677. The Labute approximate surface area is 125 Å². The highest BCUT2D eigenvalue weighted by Gasteiger charge is 2.28. The Kier molecular flexibility index (Phi) is 5.52. The minimum Gasteiger partial charge on any atom is -0.481 e. The largest absolute Gasteiger partial charge is 0.481 e. The minimum absolute atomic E-state index is 0.0636. The smallest absolute Gasteiger partial charge is 0.304 e. The maximum Gasteiger partial charge on any atom is 0.304 e. The molecule has 21 heavy (non-hydrogen) atoms. The van der Waals surface area contributed by atoms with E-state index in [1.165, 1.54) is 7.05 Å². The number of aliphatic carboxylic acids is 1. The molecule has 0 aromatic carbocycles. The summed E-state index contributed by atoms with van der Waals surface area (Å²) in [7, 11) is -2.34. The molecule has 0 atom stereocenters. The van der Waals surface area contributed by atoms with Crippen LogP contribution >= 0.6 is 0 Å². The zero-order chi connectivity index (χ0) is 16.4. The summed E-state index contributed by atoms with van der Waals surface area (Å²) in [6.45, 7) is 8.02. The van der Waals surface area contributed by atoms with Gasteiger partial charge >= 0.3 is 5.97 Å². The second kappa shape index (κ2) is 6.57. The van der Waals surface area contributed by atoms with E-state index in [1.807, 2.05) is 13.8 Å². The van der Waals surface area contributed by atoms with Crippen LogP contribution in [0.2, 0.25) is 0 Å². The molecule has 0 amide bonds. The maximum absolute atomic E-state index is 12.6. The molecule has 0 saturated carbocycles. The van der Waals surface area contributed by atoms with Crippen molar-refractivity contribution in [3.8, 4) is 0 Å². The zero-order valence-electron chi connectivity index (χ0n) is 13.1. The summed E-state index contributed by atoms with van der Waals surface area (Å²) in [6, 6.07) is 0. The first-order valence-electron chi connectivity index (χ1n) is 6.79. The zero-order valence-corrected chi connectivity index (χ0v) is 13.9. The number of carbonyl (C=O) groups is 1. The molecule has 8 heteroatoms.